The van der Waals surface area contributed by atoms with E-state index >= 15 is 0 Å². The molecule has 2 N–H and O–H groups in total. The molecule has 4 nitrogen and oxygen atoms in total. The van der Waals surface area contributed by atoms with E-state index in [1.807, 2.05) is 25.1 Å². The average Bonchev–Trinajstić information content (AvgIpc) is 2.76. The largest absolute Gasteiger partial charge is 0.311 e. The lowest BCUT2D eigenvalue weighted by Crippen LogP contribution is -2.31. The molecule has 0 aliphatic carbocycles. The number of H-pyrrole nitrogens is 1. The van der Waals surface area contributed by atoms with Crippen LogP contribution in [0.15, 0.2) is 24.3 Å². The Morgan fingerprint density at radius 3 is 2.57 bits per heavy atom. The Bertz CT molecular complexity index is 572. The Morgan fingerprint density at radius 2 is 2.00 bits per heavy atom. The van der Waals surface area contributed by atoms with Crippen LogP contribution in [0.1, 0.15) is 28.6 Å². The maximum absolute atomic E-state index is 6.32. The topological polar surface area (TPSA) is 44.0 Å². The van der Waals surface area contributed by atoms with Crippen LogP contribution in [0.2, 0.25) is 5.02 Å². The van der Waals surface area contributed by atoms with Crippen LogP contribution in [0.5, 0.6) is 0 Å². The number of aromatic nitrogens is 2. The molecular formula is C16H23ClN4. The van der Waals surface area contributed by atoms with Gasteiger partial charge in [0, 0.05) is 35.4 Å². The molecule has 5 heteroatoms. The van der Waals surface area contributed by atoms with Crippen LogP contribution < -0.4 is 5.32 Å². The fraction of sp³-hybridized carbons (Fsp3) is 0.438. The highest BCUT2D eigenvalue weighted by Crippen LogP contribution is 2.25. The quantitative estimate of drug-likeness (QED) is 0.862. The van der Waals surface area contributed by atoms with Crippen molar-refractivity contribution in [1.82, 2.24) is 20.4 Å². The summed E-state index contributed by atoms with van der Waals surface area (Å²) in [6.45, 7) is 5.72. The van der Waals surface area contributed by atoms with Crippen molar-refractivity contribution in [2.45, 2.75) is 26.4 Å². The van der Waals surface area contributed by atoms with Crippen LogP contribution in [-0.4, -0.2) is 35.7 Å². The van der Waals surface area contributed by atoms with Gasteiger partial charge in [0.25, 0.3) is 0 Å². The second-order valence-electron chi connectivity index (χ2n) is 5.54. The van der Waals surface area contributed by atoms with Crippen LogP contribution in [0.3, 0.4) is 0 Å². The monoisotopic (exact) mass is 306 g/mol. The molecule has 0 amide bonds. The highest BCUT2D eigenvalue weighted by Gasteiger charge is 2.16. The Hall–Kier alpha value is -1.36. The summed E-state index contributed by atoms with van der Waals surface area (Å²) in [5.41, 5.74) is 4.57. The van der Waals surface area contributed by atoms with Crippen molar-refractivity contribution in [3.8, 4) is 0 Å². The van der Waals surface area contributed by atoms with Crippen molar-refractivity contribution >= 4 is 11.6 Å². The maximum Gasteiger partial charge on any atom is 0.0638 e. The fourth-order valence-electron chi connectivity index (χ4n) is 2.48. The van der Waals surface area contributed by atoms with Gasteiger partial charge < -0.3 is 10.2 Å². The summed E-state index contributed by atoms with van der Waals surface area (Å²) in [6.07, 6.45) is 0. The predicted octanol–water partition coefficient (Wildman–Crippen LogP) is 3.07. The van der Waals surface area contributed by atoms with Crippen LogP contribution >= 0.6 is 11.6 Å². The van der Waals surface area contributed by atoms with Gasteiger partial charge in [-0.05, 0) is 39.6 Å². The first kappa shape index (κ1) is 16.0. The maximum atomic E-state index is 6.32. The SMILES string of the molecule is Cc1n[nH]c(C)c1CNCC(c1ccccc1Cl)N(C)C. The average molecular weight is 307 g/mol. The molecule has 1 aromatic heterocycles. The normalized spacial score (nSPS) is 12.9. The van der Waals surface area contributed by atoms with Gasteiger partial charge in [-0.15, -0.1) is 0 Å². The first-order valence-corrected chi connectivity index (χ1v) is 7.50. The first-order chi connectivity index (χ1) is 10.0. The second-order valence-corrected chi connectivity index (χ2v) is 5.95. The molecule has 0 saturated carbocycles. The predicted molar refractivity (Wildman–Crippen MR) is 87.6 cm³/mol. The highest BCUT2D eigenvalue weighted by atomic mass is 35.5. The molecule has 0 aliphatic rings. The molecule has 114 valence electrons. The molecule has 0 bridgehead atoms. The number of nitrogens with zero attached hydrogens (tertiary/aromatic N) is 2. The molecule has 1 atom stereocenters. The number of benzene rings is 1. The van der Waals surface area contributed by atoms with Gasteiger partial charge in [0.1, 0.15) is 0 Å². The van der Waals surface area contributed by atoms with Crippen molar-refractivity contribution in [2.24, 2.45) is 0 Å². The van der Waals surface area contributed by atoms with Crippen molar-refractivity contribution in [1.29, 1.82) is 0 Å². The smallest absolute Gasteiger partial charge is 0.0638 e. The number of hydrogen-bond acceptors (Lipinski definition) is 3. The molecule has 2 aromatic rings. The Labute approximate surface area is 131 Å². The van der Waals surface area contributed by atoms with Gasteiger partial charge in [-0.1, -0.05) is 29.8 Å². The third-order valence-corrected chi connectivity index (χ3v) is 4.15. The van der Waals surface area contributed by atoms with Gasteiger partial charge in [0.05, 0.1) is 5.69 Å². The van der Waals surface area contributed by atoms with Gasteiger partial charge in [-0.2, -0.15) is 5.10 Å². The van der Waals surface area contributed by atoms with Gasteiger partial charge in [-0.25, -0.2) is 0 Å². The van der Waals surface area contributed by atoms with E-state index in [9.17, 15) is 0 Å². The molecule has 1 unspecified atom stereocenters. The summed E-state index contributed by atoms with van der Waals surface area (Å²) < 4.78 is 0. The fourth-order valence-corrected chi connectivity index (χ4v) is 2.75. The third kappa shape index (κ3) is 3.84. The van der Waals surface area contributed by atoms with Gasteiger partial charge in [0.15, 0.2) is 0 Å². The molecular weight excluding hydrogens is 284 g/mol. The van der Waals surface area contributed by atoms with E-state index in [1.54, 1.807) is 0 Å². The zero-order valence-corrected chi connectivity index (χ0v) is 13.8. The van der Waals surface area contributed by atoms with E-state index in [0.29, 0.717) is 0 Å². The third-order valence-electron chi connectivity index (χ3n) is 3.81. The minimum atomic E-state index is 0.242. The lowest BCUT2D eigenvalue weighted by Gasteiger charge is -2.26. The molecule has 1 heterocycles. The van der Waals surface area contributed by atoms with Gasteiger partial charge in [0.2, 0.25) is 0 Å². The number of aromatic amines is 1. The van der Waals surface area contributed by atoms with Crippen LogP contribution in [-0.2, 0) is 6.54 Å². The minimum absolute atomic E-state index is 0.242. The molecule has 0 saturated heterocycles. The number of likely N-dealkylation sites (N-methyl/N-ethyl adjacent to an activating group) is 1. The molecule has 0 radical (unpaired) electrons. The molecule has 21 heavy (non-hydrogen) atoms. The zero-order valence-electron chi connectivity index (χ0n) is 13.1. The van der Waals surface area contributed by atoms with Crippen molar-refractivity contribution in [2.75, 3.05) is 20.6 Å². The number of nitrogens with one attached hydrogen (secondary N) is 2. The lowest BCUT2D eigenvalue weighted by molar-refractivity contribution is 0.288. The van der Waals surface area contributed by atoms with Crippen molar-refractivity contribution in [3.05, 3.63) is 51.8 Å². The van der Waals surface area contributed by atoms with E-state index in [-0.39, 0.29) is 6.04 Å². The lowest BCUT2D eigenvalue weighted by atomic mass is 10.1. The number of halogens is 1. The second kappa shape index (κ2) is 7.07. The van der Waals surface area contributed by atoms with Gasteiger partial charge in [-0.3, -0.25) is 5.10 Å². The number of aryl methyl sites for hydroxylation is 2. The summed E-state index contributed by atoms with van der Waals surface area (Å²) in [5, 5.41) is 11.6. The number of hydrogen-bond donors (Lipinski definition) is 2. The molecule has 0 spiro atoms. The van der Waals surface area contributed by atoms with Crippen LogP contribution in [0.4, 0.5) is 0 Å². The Kier molecular flexibility index (Phi) is 5.39. The zero-order chi connectivity index (χ0) is 15.4. The summed E-state index contributed by atoms with van der Waals surface area (Å²) in [6, 6.07) is 8.26. The van der Waals surface area contributed by atoms with Crippen molar-refractivity contribution < 1.29 is 0 Å². The highest BCUT2D eigenvalue weighted by molar-refractivity contribution is 6.31. The molecule has 1 aromatic carbocycles. The minimum Gasteiger partial charge on any atom is -0.311 e. The van der Waals surface area contributed by atoms with Crippen LogP contribution in [0.25, 0.3) is 0 Å². The van der Waals surface area contributed by atoms with Gasteiger partial charge >= 0.3 is 0 Å². The summed E-state index contributed by atoms with van der Waals surface area (Å²) in [5.74, 6) is 0. The number of rotatable bonds is 6. The molecule has 2 rings (SSSR count). The van der Waals surface area contributed by atoms with Crippen molar-refractivity contribution in [3.63, 3.8) is 0 Å². The van der Waals surface area contributed by atoms with Crippen LogP contribution in [0, 0.1) is 13.8 Å². The van der Waals surface area contributed by atoms with E-state index in [4.69, 9.17) is 11.6 Å². The summed E-state index contributed by atoms with van der Waals surface area (Å²) in [7, 11) is 4.15. The van der Waals surface area contributed by atoms with E-state index in [0.717, 1.165) is 35.1 Å². The Morgan fingerprint density at radius 1 is 1.29 bits per heavy atom. The summed E-state index contributed by atoms with van der Waals surface area (Å²) >= 11 is 6.32. The molecule has 0 aliphatic heterocycles. The van der Waals surface area contributed by atoms with E-state index in [1.165, 1.54) is 5.56 Å². The summed E-state index contributed by atoms with van der Waals surface area (Å²) in [4.78, 5) is 2.18. The van der Waals surface area contributed by atoms with E-state index in [2.05, 4.69) is 47.5 Å². The first-order valence-electron chi connectivity index (χ1n) is 7.12. The van der Waals surface area contributed by atoms with E-state index < -0.39 is 0 Å². The standard InChI is InChI=1S/C16H23ClN4/c1-11-14(12(2)20-19-11)9-18-10-16(21(3)4)13-7-5-6-8-15(13)17/h5-8,16,18H,9-10H2,1-4H3,(H,19,20). The Balaban J connectivity index is 2.03. The molecule has 0 fully saturated rings.